The van der Waals surface area contributed by atoms with E-state index in [0.717, 1.165) is 22.5 Å². The van der Waals surface area contributed by atoms with Crippen molar-refractivity contribution in [1.82, 2.24) is 10.2 Å². The van der Waals surface area contributed by atoms with Crippen molar-refractivity contribution in [3.05, 3.63) is 47.4 Å². The number of hydrogen-bond acceptors (Lipinski definition) is 2. The molecule has 0 aliphatic rings. The summed E-state index contributed by atoms with van der Waals surface area (Å²) in [5.74, 6) is -0.240. The molecule has 0 saturated heterocycles. The molecule has 0 radical (unpaired) electrons. The number of aryl methyl sites for hydroxylation is 1. The number of halogens is 1. The summed E-state index contributed by atoms with van der Waals surface area (Å²) < 4.78 is 13.0. The molecule has 0 N–H and O–H groups in total. The first-order chi connectivity index (χ1) is 8.38. The zero-order chi connectivity index (χ0) is 13.3. The van der Waals surface area contributed by atoms with Crippen LogP contribution in [0.25, 0.3) is 11.3 Å². The Labute approximate surface area is 107 Å². The van der Waals surface area contributed by atoms with E-state index in [1.165, 1.54) is 12.1 Å². The summed E-state index contributed by atoms with van der Waals surface area (Å²) in [7, 11) is 0. The fraction of sp³-hybridized carbons (Fsp3) is 0.333. The first-order valence-electron chi connectivity index (χ1n) is 5.98. The van der Waals surface area contributed by atoms with Crippen LogP contribution < -0.4 is 0 Å². The third-order valence-corrected chi connectivity index (χ3v) is 2.84. The van der Waals surface area contributed by atoms with Crippen molar-refractivity contribution in [2.24, 2.45) is 0 Å². The van der Waals surface area contributed by atoms with Crippen molar-refractivity contribution in [2.45, 2.75) is 33.1 Å². The topological polar surface area (TPSA) is 25.8 Å². The van der Waals surface area contributed by atoms with E-state index >= 15 is 0 Å². The van der Waals surface area contributed by atoms with Gasteiger partial charge in [-0.25, -0.2) is 4.39 Å². The van der Waals surface area contributed by atoms with Gasteiger partial charge in [0.2, 0.25) is 0 Å². The predicted octanol–water partition coefficient (Wildman–Crippen LogP) is 3.89. The van der Waals surface area contributed by atoms with Crippen LogP contribution in [-0.4, -0.2) is 10.2 Å². The van der Waals surface area contributed by atoms with Gasteiger partial charge in [0.05, 0.1) is 11.4 Å². The highest BCUT2D eigenvalue weighted by Gasteiger charge is 2.20. The Morgan fingerprint density at radius 2 is 1.61 bits per heavy atom. The van der Waals surface area contributed by atoms with Crippen molar-refractivity contribution in [1.29, 1.82) is 0 Å². The summed E-state index contributed by atoms with van der Waals surface area (Å²) in [6, 6.07) is 8.42. The average Bonchev–Trinajstić information content (AvgIpc) is 2.29. The molecule has 2 nitrogen and oxygen atoms in total. The predicted molar refractivity (Wildman–Crippen MR) is 70.9 cm³/mol. The summed E-state index contributed by atoms with van der Waals surface area (Å²) in [4.78, 5) is 0. The molecule has 0 fully saturated rings. The molecule has 2 aromatic rings. The molecule has 0 amide bonds. The molecule has 94 valence electrons. The normalized spacial score (nSPS) is 11.6. The maximum Gasteiger partial charge on any atom is 0.123 e. The molecule has 0 saturated carbocycles. The minimum Gasteiger partial charge on any atom is -0.207 e. The first kappa shape index (κ1) is 12.7. The van der Waals surface area contributed by atoms with Gasteiger partial charge >= 0.3 is 0 Å². The Bertz CT molecular complexity index is 554. The number of aromatic nitrogens is 2. The van der Waals surface area contributed by atoms with Crippen LogP contribution >= 0.6 is 0 Å². The van der Waals surface area contributed by atoms with Crippen LogP contribution in [0.1, 0.15) is 32.0 Å². The summed E-state index contributed by atoms with van der Waals surface area (Å²) in [6.45, 7) is 8.33. The van der Waals surface area contributed by atoms with E-state index in [4.69, 9.17) is 0 Å². The molecule has 0 atom stereocenters. The van der Waals surface area contributed by atoms with Gasteiger partial charge in [0.15, 0.2) is 0 Å². The van der Waals surface area contributed by atoms with Crippen LogP contribution in [0.3, 0.4) is 0 Å². The maximum absolute atomic E-state index is 13.0. The van der Waals surface area contributed by atoms with E-state index in [2.05, 4.69) is 31.0 Å². The molecular formula is C15H17FN2. The Morgan fingerprint density at radius 3 is 2.17 bits per heavy atom. The number of nitrogens with zero attached hydrogens (tertiary/aromatic N) is 2. The van der Waals surface area contributed by atoms with Crippen molar-refractivity contribution in [2.75, 3.05) is 0 Å². The lowest BCUT2D eigenvalue weighted by Gasteiger charge is -2.22. The fourth-order valence-electron chi connectivity index (χ4n) is 1.88. The average molecular weight is 244 g/mol. The van der Waals surface area contributed by atoms with Gasteiger partial charge in [-0.1, -0.05) is 20.8 Å². The first-order valence-corrected chi connectivity index (χ1v) is 5.98. The highest BCUT2D eigenvalue weighted by molar-refractivity contribution is 5.64. The van der Waals surface area contributed by atoms with Crippen molar-refractivity contribution < 1.29 is 4.39 Å². The molecule has 0 spiro atoms. The second-order valence-electron chi connectivity index (χ2n) is 5.50. The summed E-state index contributed by atoms with van der Waals surface area (Å²) in [5, 5.41) is 8.38. The van der Waals surface area contributed by atoms with Gasteiger partial charge in [-0.3, -0.25) is 0 Å². The highest BCUT2D eigenvalue weighted by Crippen LogP contribution is 2.31. The van der Waals surface area contributed by atoms with Crippen LogP contribution in [0.15, 0.2) is 30.3 Å². The number of rotatable bonds is 1. The second kappa shape index (κ2) is 4.48. The zero-order valence-corrected chi connectivity index (χ0v) is 11.2. The van der Waals surface area contributed by atoms with Gasteiger partial charge < -0.3 is 0 Å². The molecule has 0 aliphatic heterocycles. The van der Waals surface area contributed by atoms with Crippen LogP contribution in [0, 0.1) is 12.7 Å². The van der Waals surface area contributed by atoms with Crippen LogP contribution in [0.4, 0.5) is 4.39 Å². The van der Waals surface area contributed by atoms with Gasteiger partial charge in [-0.05, 0) is 48.2 Å². The third-order valence-electron chi connectivity index (χ3n) is 2.84. The lowest BCUT2D eigenvalue weighted by atomic mass is 9.84. The van der Waals surface area contributed by atoms with Gasteiger partial charge in [0, 0.05) is 5.56 Å². The quantitative estimate of drug-likeness (QED) is 0.760. The van der Waals surface area contributed by atoms with E-state index in [0.29, 0.717) is 0 Å². The zero-order valence-electron chi connectivity index (χ0n) is 11.2. The Morgan fingerprint density at radius 1 is 1.00 bits per heavy atom. The highest BCUT2D eigenvalue weighted by atomic mass is 19.1. The van der Waals surface area contributed by atoms with Crippen LogP contribution in [0.5, 0.6) is 0 Å². The largest absolute Gasteiger partial charge is 0.207 e. The molecule has 18 heavy (non-hydrogen) atoms. The Hall–Kier alpha value is -1.77. The maximum atomic E-state index is 13.0. The van der Waals surface area contributed by atoms with E-state index in [1.807, 2.05) is 13.0 Å². The molecule has 1 heterocycles. The van der Waals surface area contributed by atoms with Gasteiger partial charge in [-0.15, -0.1) is 5.10 Å². The number of benzene rings is 1. The van der Waals surface area contributed by atoms with Crippen LogP contribution in [0.2, 0.25) is 0 Å². The Balaban J connectivity index is 2.60. The molecule has 0 aliphatic carbocycles. The fourth-order valence-corrected chi connectivity index (χ4v) is 1.88. The van der Waals surface area contributed by atoms with E-state index in [-0.39, 0.29) is 11.2 Å². The van der Waals surface area contributed by atoms with Gasteiger partial charge in [0.25, 0.3) is 0 Å². The smallest absolute Gasteiger partial charge is 0.123 e. The Kier molecular flexibility index (Phi) is 3.16. The lowest BCUT2D eigenvalue weighted by Crippen LogP contribution is -2.15. The molecule has 0 bridgehead atoms. The van der Waals surface area contributed by atoms with Crippen molar-refractivity contribution >= 4 is 0 Å². The summed E-state index contributed by atoms with van der Waals surface area (Å²) in [5.41, 5.74) is 3.72. The third kappa shape index (κ3) is 2.55. The van der Waals surface area contributed by atoms with Gasteiger partial charge in [0.1, 0.15) is 5.82 Å². The minimum atomic E-state index is -0.240. The number of hydrogen-bond donors (Lipinski definition) is 0. The second-order valence-corrected chi connectivity index (χ2v) is 5.50. The minimum absolute atomic E-state index is 0.0234. The summed E-state index contributed by atoms with van der Waals surface area (Å²) >= 11 is 0. The molecule has 1 aromatic carbocycles. The van der Waals surface area contributed by atoms with Gasteiger partial charge in [-0.2, -0.15) is 5.10 Å². The standard InChI is InChI=1S/C15H17FN2/c1-10-9-13(15(2,3)4)14(18-17-10)11-5-7-12(16)8-6-11/h5-9H,1-4H3. The van der Waals surface area contributed by atoms with E-state index < -0.39 is 0 Å². The molecule has 0 unspecified atom stereocenters. The molecule has 3 heteroatoms. The monoisotopic (exact) mass is 244 g/mol. The lowest BCUT2D eigenvalue weighted by molar-refractivity contribution is 0.586. The van der Waals surface area contributed by atoms with Crippen LogP contribution in [-0.2, 0) is 5.41 Å². The van der Waals surface area contributed by atoms with E-state index in [1.54, 1.807) is 12.1 Å². The van der Waals surface area contributed by atoms with Crippen molar-refractivity contribution in [3.63, 3.8) is 0 Å². The SMILES string of the molecule is Cc1cc(C(C)(C)C)c(-c2ccc(F)cc2)nn1. The van der Waals surface area contributed by atoms with Crippen molar-refractivity contribution in [3.8, 4) is 11.3 Å². The summed E-state index contributed by atoms with van der Waals surface area (Å²) in [6.07, 6.45) is 0. The van der Waals surface area contributed by atoms with E-state index in [9.17, 15) is 4.39 Å². The molecule has 1 aromatic heterocycles. The molecular weight excluding hydrogens is 227 g/mol. The molecule has 2 rings (SSSR count).